The highest BCUT2D eigenvalue weighted by molar-refractivity contribution is 5.78. The lowest BCUT2D eigenvalue weighted by Crippen LogP contribution is -2.51. The van der Waals surface area contributed by atoms with Crippen LogP contribution in [0.4, 0.5) is 0 Å². The average molecular weight is 269 g/mol. The van der Waals surface area contributed by atoms with Crippen LogP contribution in [0.2, 0.25) is 0 Å². The van der Waals surface area contributed by atoms with Gasteiger partial charge in [-0.15, -0.1) is 0 Å². The van der Waals surface area contributed by atoms with Gasteiger partial charge in [0.2, 0.25) is 5.91 Å². The molecule has 1 saturated heterocycles. The van der Waals surface area contributed by atoms with Crippen molar-refractivity contribution in [2.45, 2.75) is 46.6 Å². The quantitative estimate of drug-likeness (QED) is 0.762. The number of carbonyl (C=O) groups is 1. The topological polar surface area (TPSA) is 35.6 Å². The lowest BCUT2D eigenvalue weighted by molar-refractivity contribution is -0.132. The summed E-state index contributed by atoms with van der Waals surface area (Å²) in [5, 5.41) is 3.62. The summed E-state index contributed by atoms with van der Waals surface area (Å²) in [6.07, 6.45) is 2.35. The monoisotopic (exact) mass is 269 g/mol. The summed E-state index contributed by atoms with van der Waals surface area (Å²) in [6.45, 7) is 14.0. The van der Waals surface area contributed by atoms with E-state index >= 15 is 0 Å². The second kappa shape index (κ2) is 8.54. The SMILES string of the molecule is CCCNC1CCN(CC(=O)N(CC)CC)CC1C. The highest BCUT2D eigenvalue weighted by atomic mass is 16.2. The van der Waals surface area contributed by atoms with E-state index in [0.29, 0.717) is 18.5 Å². The number of rotatable bonds is 7. The van der Waals surface area contributed by atoms with E-state index in [2.05, 4.69) is 24.1 Å². The Bertz CT molecular complexity index is 266. The van der Waals surface area contributed by atoms with Crippen molar-refractivity contribution in [3.05, 3.63) is 0 Å². The molecule has 2 unspecified atom stereocenters. The predicted molar refractivity (Wildman–Crippen MR) is 80.2 cm³/mol. The number of hydrogen-bond acceptors (Lipinski definition) is 3. The third kappa shape index (κ3) is 5.11. The Labute approximate surface area is 118 Å². The zero-order valence-corrected chi connectivity index (χ0v) is 13.1. The molecular weight excluding hydrogens is 238 g/mol. The Morgan fingerprint density at radius 1 is 1.32 bits per heavy atom. The molecule has 0 aromatic rings. The van der Waals surface area contributed by atoms with Crippen molar-refractivity contribution in [1.82, 2.24) is 15.1 Å². The Morgan fingerprint density at radius 3 is 2.53 bits per heavy atom. The summed E-state index contributed by atoms with van der Waals surface area (Å²) in [4.78, 5) is 16.3. The van der Waals surface area contributed by atoms with E-state index in [1.165, 1.54) is 6.42 Å². The average Bonchev–Trinajstić information content (AvgIpc) is 2.39. The van der Waals surface area contributed by atoms with Crippen molar-refractivity contribution in [1.29, 1.82) is 0 Å². The molecule has 0 radical (unpaired) electrons. The van der Waals surface area contributed by atoms with E-state index < -0.39 is 0 Å². The minimum absolute atomic E-state index is 0.275. The van der Waals surface area contributed by atoms with Crippen LogP contribution in [0.1, 0.15) is 40.5 Å². The van der Waals surface area contributed by atoms with Gasteiger partial charge in [0, 0.05) is 32.2 Å². The highest BCUT2D eigenvalue weighted by Crippen LogP contribution is 2.16. The van der Waals surface area contributed by atoms with E-state index in [-0.39, 0.29) is 5.91 Å². The fraction of sp³-hybridized carbons (Fsp3) is 0.933. The number of likely N-dealkylation sites (N-methyl/N-ethyl adjacent to an activating group) is 1. The first kappa shape index (κ1) is 16.4. The first-order valence-corrected chi connectivity index (χ1v) is 7.85. The van der Waals surface area contributed by atoms with Crippen LogP contribution >= 0.6 is 0 Å². The van der Waals surface area contributed by atoms with Crippen molar-refractivity contribution in [2.75, 3.05) is 39.3 Å². The molecule has 1 aliphatic rings. The zero-order valence-electron chi connectivity index (χ0n) is 13.1. The summed E-state index contributed by atoms with van der Waals surface area (Å²) in [6, 6.07) is 0.625. The normalized spacial score (nSPS) is 24.4. The van der Waals surface area contributed by atoms with Crippen LogP contribution in [0.15, 0.2) is 0 Å². The molecule has 0 bridgehead atoms. The van der Waals surface area contributed by atoms with Gasteiger partial charge < -0.3 is 10.2 Å². The van der Waals surface area contributed by atoms with Crippen LogP contribution in [0, 0.1) is 5.92 Å². The minimum Gasteiger partial charge on any atom is -0.342 e. The number of likely N-dealkylation sites (tertiary alicyclic amines) is 1. The molecule has 0 aliphatic carbocycles. The molecule has 2 atom stereocenters. The van der Waals surface area contributed by atoms with Gasteiger partial charge in [0.05, 0.1) is 6.54 Å². The van der Waals surface area contributed by atoms with Crippen molar-refractivity contribution in [2.24, 2.45) is 5.92 Å². The molecule has 19 heavy (non-hydrogen) atoms. The van der Waals surface area contributed by atoms with Gasteiger partial charge in [-0.3, -0.25) is 9.69 Å². The predicted octanol–water partition coefficient (Wildman–Crippen LogP) is 1.56. The molecule has 0 saturated carbocycles. The first-order chi connectivity index (χ1) is 9.12. The van der Waals surface area contributed by atoms with Gasteiger partial charge in [0.1, 0.15) is 0 Å². The lowest BCUT2D eigenvalue weighted by atomic mass is 9.93. The molecule has 1 amide bonds. The minimum atomic E-state index is 0.275. The van der Waals surface area contributed by atoms with E-state index in [0.717, 1.165) is 39.1 Å². The molecule has 4 heteroatoms. The third-order valence-electron chi connectivity index (χ3n) is 4.12. The number of nitrogens with one attached hydrogen (secondary N) is 1. The van der Waals surface area contributed by atoms with Crippen LogP contribution in [0.25, 0.3) is 0 Å². The number of piperidine rings is 1. The zero-order chi connectivity index (χ0) is 14.3. The number of nitrogens with zero attached hydrogens (tertiary/aromatic N) is 2. The van der Waals surface area contributed by atoms with Crippen molar-refractivity contribution < 1.29 is 4.79 Å². The molecule has 112 valence electrons. The Morgan fingerprint density at radius 2 is 2.00 bits per heavy atom. The Kier molecular flexibility index (Phi) is 7.39. The number of carbonyl (C=O) groups excluding carboxylic acids is 1. The summed E-state index contributed by atoms with van der Waals surface area (Å²) in [5.74, 6) is 0.905. The molecule has 0 spiro atoms. The Hall–Kier alpha value is -0.610. The van der Waals surface area contributed by atoms with Crippen molar-refractivity contribution in [3.8, 4) is 0 Å². The first-order valence-electron chi connectivity index (χ1n) is 7.85. The second-order valence-electron chi connectivity index (χ2n) is 5.63. The fourth-order valence-corrected chi connectivity index (χ4v) is 2.88. The van der Waals surface area contributed by atoms with Gasteiger partial charge >= 0.3 is 0 Å². The number of amides is 1. The molecule has 4 nitrogen and oxygen atoms in total. The maximum absolute atomic E-state index is 12.1. The molecule has 1 aliphatic heterocycles. The van der Waals surface area contributed by atoms with Crippen molar-refractivity contribution in [3.63, 3.8) is 0 Å². The van der Waals surface area contributed by atoms with E-state index in [1.54, 1.807) is 0 Å². The smallest absolute Gasteiger partial charge is 0.236 e. The van der Waals surface area contributed by atoms with Gasteiger partial charge in [0.15, 0.2) is 0 Å². The maximum atomic E-state index is 12.1. The number of hydrogen-bond donors (Lipinski definition) is 1. The molecule has 1 N–H and O–H groups in total. The summed E-state index contributed by atoms with van der Waals surface area (Å²) in [7, 11) is 0. The summed E-state index contributed by atoms with van der Waals surface area (Å²) in [5.41, 5.74) is 0. The molecule has 0 aromatic heterocycles. The van der Waals surface area contributed by atoms with Gasteiger partial charge in [-0.25, -0.2) is 0 Å². The maximum Gasteiger partial charge on any atom is 0.236 e. The highest BCUT2D eigenvalue weighted by Gasteiger charge is 2.27. The van der Waals surface area contributed by atoms with Crippen molar-refractivity contribution >= 4 is 5.91 Å². The Balaban J connectivity index is 2.37. The van der Waals surface area contributed by atoms with E-state index in [1.807, 2.05) is 18.7 Å². The molecule has 1 fully saturated rings. The molecule has 1 heterocycles. The van der Waals surface area contributed by atoms with Crippen LogP contribution < -0.4 is 5.32 Å². The van der Waals surface area contributed by atoms with Crippen LogP contribution in [0.5, 0.6) is 0 Å². The standard InChI is InChI=1S/C15H31N3O/c1-5-9-16-14-8-10-17(11-13(14)4)12-15(19)18(6-2)7-3/h13-14,16H,5-12H2,1-4H3. The van der Waals surface area contributed by atoms with Gasteiger partial charge in [-0.2, -0.15) is 0 Å². The van der Waals surface area contributed by atoms with E-state index in [4.69, 9.17) is 0 Å². The van der Waals surface area contributed by atoms with Crippen LogP contribution in [-0.2, 0) is 4.79 Å². The molecule has 1 rings (SSSR count). The van der Waals surface area contributed by atoms with Gasteiger partial charge in [-0.05, 0) is 39.2 Å². The largest absolute Gasteiger partial charge is 0.342 e. The van der Waals surface area contributed by atoms with E-state index in [9.17, 15) is 4.79 Å². The van der Waals surface area contributed by atoms with Gasteiger partial charge in [-0.1, -0.05) is 13.8 Å². The second-order valence-corrected chi connectivity index (χ2v) is 5.63. The lowest BCUT2D eigenvalue weighted by Gasteiger charge is -2.37. The van der Waals surface area contributed by atoms with Gasteiger partial charge in [0.25, 0.3) is 0 Å². The molecular formula is C15H31N3O. The summed E-state index contributed by atoms with van der Waals surface area (Å²) < 4.78 is 0. The fourth-order valence-electron chi connectivity index (χ4n) is 2.88. The van der Waals surface area contributed by atoms with Crippen LogP contribution in [-0.4, -0.2) is 61.0 Å². The third-order valence-corrected chi connectivity index (χ3v) is 4.12. The summed E-state index contributed by atoms with van der Waals surface area (Å²) >= 11 is 0. The molecule has 0 aromatic carbocycles. The van der Waals surface area contributed by atoms with Crippen LogP contribution in [0.3, 0.4) is 0 Å².